The topological polar surface area (TPSA) is 90.7 Å². The highest BCUT2D eigenvalue weighted by molar-refractivity contribution is 5.89. The lowest BCUT2D eigenvalue weighted by Crippen LogP contribution is -2.44. The summed E-state index contributed by atoms with van der Waals surface area (Å²) in [6.07, 6.45) is 0.107. The Morgan fingerprint density at radius 1 is 1.14 bits per heavy atom. The van der Waals surface area contributed by atoms with E-state index in [0.717, 1.165) is 27.8 Å². The molecule has 2 aromatic carbocycles. The molecule has 4 heterocycles. The van der Waals surface area contributed by atoms with Crippen LogP contribution in [0.1, 0.15) is 35.6 Å². The van der Waals surface area contributed by atoms with Crippen molar-refractivity contribution in [3.8, 4) is 29.0 Å². The van der Waals surface area contributed by atoms with Crippen molar-refractivity contribution in [1.82, 2.24) is 9.55 Å². The lowest BCUT2D eigenvalue weighted by Gasteiger charge is -2.31. The third-order valence-electron chi connectivity index (χ3n) is 6.83. The van der Waals surface area contributed by atoms with Gasteiger partial charge in [0.1, 0.15) is 19.0 Å². The number of carbonyl (C=O) groups excluding carboxylic acids is 1. The van der Waals surface area contributed by atoms with Crippen LogP contribution in [0.25, 0.3) is 22.3 Å². The van der Waals surface area contributed by atoms with E-state index in [1.807, 2.05) is 54.6 Å². The number of ether oxygens (including phenoxy) is 2. The summed E-state index contributed by atoms with van der Waals surface area (Å²) in [5.74, 6) is 6.27. The average Bonchev–Trinajstić information content (AvgIpc) is 3.26. The molecule has 1 N–H and O–H groups in total. The highest BCUT2D eigenvalue weighted by Crippen LogP contribution is 2.38. The number of hydrogen-bond donors (Lipinski definition) is 1. The van der Waals surface area contributed by atoms with Gasteiger partial charge in [-0.2, -0.15) is 0 Å². The summed E-state index contributed by atoms with van der Waals surface area (Å²) in [7, 11) is 0. The van der Waals surface area contributed by atoms with Gasteiger partial charge in [0.05, 0.1) is 29.0 Å². The molecule has 178 valence electrons. The third kappa shape index (κ3) is 3.38. The van der Waals surface area contributed by atoms with Crippen LogP contribution in [0.2, 0.25) is 0 Å². The van der Waals surface area contributed by atoms with Crippen molar-refractivity contribution < 1.29 is 19.4 Å². The molecule has 0 fully saturated rings. The Hall–Kier alpha value is -4.41. The number of fused-ring (bicyclic) bond motifs is 5. The number of nitrogens with zero attached hydrogens (tertiary/aromatic N) is 2. The van der Waals surface area contributed by atoms with Crippen LogP contribution in [0.5, 0.6) is 5.75 Å². The normalized spacial score (nSPS) is 17.4. The molecule has 0 amide bonds. The molecule has 0 spiro atoms. The van der Waals surface area contributed by atoms with Gasteiger partial charge in [-0.15, -0.1) is 0 Å². The van der Waals surface area contributed by atoms with E-state index in [9.17, 15) is 14.7 Å². The van der Waals surface area contributed by atoms with E-state index in [1.54, 1.807) is 17.6 Å². The number of pyridine rings is 2. The molecule has 7 heteroatoms. The van der Waals surface area contributed by atoms with Crippen LogP contribution in [0, 0.1) is 11.8 Å². The number of rotatable bonds is 3. The minimum absolute atomic E-state index is 0.107. The average molecular weight is 479 g/mol. The van der Waals surface area contributed by atoms with Crippen molar-refractivity contribution in [2.75, 3.05) is 6.61 Å². The molecule has 0 bridgehead atoms. The molecule has 6 rings (SSSR count). The second kappa shape index (κ2) is 8.36. The third-order valence-corrected chi connectivity index (χ3v) is 6.83. The smallest absolute Gasteiger partial charge is 0.343 e. The first-order valence-corrected chi connectivity index (χ1v) is 11.8. The number of aromatic nitrogens is 2. The Labute approximate surface area is 206 Å². The van der Waals surface area contributed by atoms with Gasteiger partial charge < -0.3 is 19.1 Å². The minimum atomic E-state index is -1.84. The molecule has 2 aliphatic heterocycles. The lowest BCUT2D eigenvalue weighted by molar-refractivity contribution is -0.172. The van der Waals surface area contributed by atoms with Crippen LogP contribution in [0.3, 0.4) is 0 Å². The maximum absolute atomic E-state index is 13.3. The minimum Gasteiger partial charge on any atom is -0.481 e. The van der Waals surface area contributed by atoms with Gasteiger partial charge in [0.15, 0.2) is 5.60 Å². The molecule has 1 atom stereocenters. The summed E-state index contributed by atoms with van der Waals surface area (Å²) in [6.45, 7) is 2.14. The van der Waals surface area contributed by atoms with Gasteiger partial charge >= 0.3 is 5.97 Å². The number of carbonyl (C=O) groups is 1. The molecular weight excluding hydrogens is 456 g/mol. The van der Waals surface area contributed by atoms with Gasteiger partial charge in [-0.25, -0.2) is 9.78 Å². The van der Waals surface area contributed by atoms with E-state index in [2.05, 4.69) is 11.8 Å². The van der Waals surface area contributed by atoms with E-state index in [-0.39, 0.29) is 25.2 Å². The fourth-order valence-corrected chi connectivity index (χ4v) is 4.88. The first kappa shape index (κ1) is 22.1. The second-order valence-corrected chi connectivity index (χ2v) is 8.87. The van der Waals surface area contributed by atoms with Crippen LogP contribution in [-0.2, 0) is 28.3 Å². The van der Waals surface area contributed by atoms with E-state index in [4.69, 9.17) is 14.5 Å². The van der Waals surface area contributed by atoms with Crippen molar-refractivity contribution in [1.29, 1.82) is 0 Å². The Morgan fingerprint density at radius 3 is 2.78 bits per heavy atom. The number of benzene rings is 2. The van der Waals surface area contributed by atoms with Crippen molar-refractivity contribution in [3.63, 3.8) is 0 Å². The zero-order valence-electron chi connectivity index (χ0n) is 19.6. The fraction of sp³-hybridized carbons (Fsp3) is 0.207. The quantitative estimate of drug-likeness (QED) is 0.315. The van der Waals surface area contributed by atoms with E-state index >= 15 is 0 Å². The van der Waals surface area contributed by atoms with Crippen molar-refractivity contribution >= 4 is 16.9 Å². The first-order valence-electron chi connectivity index (χ1n) is 11.8. The molecule has 0 saturated heterocycles. The van der Waals surface area contributed by atoms with E-state index in [0.29, 0.717) is 29.1 Å². The number of para-hydroxylation sites is 1. The lowest BCUT2D eigenvalue weighted by atomic mass is 9.86. The van der Waals surface area contributed by atoms with Crippen molar-refractivity contribution in [2.45, 2.75) is 32.1 Å². The Balaban J connectivity index is 1.40. The summed E-state index contributed by atoms with van der Waals surface area (Å²) in [5, 5.41) is 11.9. The monoisotopic (exact) mass is 478 g/mol. The highest BCUT2D eigenvalue weighted by atomic mass is 16.6. The van der Waals surface area contributed by atoms with Crippen LogP contribution in [-0.4, -0.2) is 27.2 Å². The molecule has 7 nitrogen and oxygen atoms in total. The molecule has 0 aliphatic carbocycles. The molecule has 0 radical (unpaired) electrons. The highest BCUT2D eigenvalue weighted by Gasteiger charge is 2.45. The summed E-state index contributed by atoms with van der Waals surface area (Å²) >= 11 is 0. The van der Waals surface area contributed by atoms with E-state index in [1.165, 1.54) is 0 Å². The standard InChI is InChI=1S/C29H22N2O5/c1-2-29(34)23-15-25-26-19(16-31(25)27(32)22(23)17-36-28(29)33)14-21-18(8-6-12-24(21)30-26)9-7-13-35-20-10-4-3-5-11-20/h3-6,8,10-12,14-15,34H,2,13,16-17H2,1H3/t29-/m0/s1. The van der Waals surface area contributed by atoms with Gasteiger partial charge in [0.2, 0.25) is 0 Å². The molecule has 36 heavy (non-hydrogen) atoms. The predicted octanol–water partition coefficient (Wildman–Crippen LogP) is 3.51. The molecule has 2 aromatic heterocycles. The van der Waals surface area contributed by atoms with Gasteiger partial charge in [0, 0.05) is 22.1 Å². The van der Waals surface area contributed by atoms with E-state index < -0.39 is 11.6 Å². The molecule has 0 saturated carbocycles. The summed E-state index contributed by atoms with van der Waals surface area (Å²) in [6, 6.07) is 19.0. The predicted molar refractivity (Wildman–Crippen MR) is 133 cm³/mol. The number of cyclic esters (lactones) is 1. The SMILES string of the molecule is CC[C@@]1(O)C(=O)OCc2c1cc1n(c2=O)Cc2cc3c(C#CCOc4ccccc4)cccc3nc2-1. The fourth-order valence-electron chi connectivity index (χ4n) is 4.88. The molecule has 4 aromatic rings. The molecular formula is C29H22N2O5. The maximum atomic E-state index is 13.3. The van der Waals surface area contributed by atoms with Gasteiger partial charge in [-0.3, -0.25) is 4.79 Å². The number of esters is 1. The van der Waals surface area contributed by atoms with Crippen molar-refractivity contribution in [3.05, 3.63) is 93.3 Å². The van der Waals surface area contributed by atoms with Gasteiger partial charge in [-0.1, -0.05) is 43.0 Å². The first-order chi connectivity index (χ1) is 17.5. The Morgan fingerprint density at radius 2 is 1.97 bits per heavy atom. The Bertz CT molecular complexity index is 1660. The van der Waals surface area contributed by atoms with Crippen molar-refractivity contribution in [2.24, 2.45) is 0 Å². The summed E-state index contributed by atoms with van der Waals surface area (Å²) in [4.78, 5) is 30.5. The number of aliphatic hydroxyl groups is 1. The van der Waals surface area contributed by atoms with Crippen LogP contribution >= 0.6 is 0 Å². The maximum Gasteiger partial charge on any atom is 0.343 e. The van der Waals surface area contributed by atoms with Gasteiger partial charge in [-0.05, 0) is 42.8 Å². The molecule has 0 unspecified atom stereocenters. The van der Waals surface area contributed by atoms with Crippen LogP contribution < -0.4 is 10.3 Å². The van der Waals surface area contributed by atoms with Crippen LogP contribution in [0.4, 0.5) is 0 Å². The largest absolute Gasteiger partial charge is 0.481 e. The second-order valence-electron chi connectivity index (χ2n) is 8.87. The number of hydrogen-bond acceptors (Lipinski definition) is 6. The zero-order valence-corrected chi connectivity index (χ0v) is 19.6. The summed E-state index contributed by atoms with van der Waals surface area (Å²) < 4.78 is 12.4. The Kier molecular flexibility index (Phi) is 5.13. The van der Waals surface area contributed by atoms with Crippen LogP contribution in [0.15, 0.2) is 65.5 Å². The summed E-state index contributed by atoms with van der Waals surface area (Å²) in [5.41, 5.74) is 2.20. The van der Waals surface area contributed by atoms with Gasteiger partial charge in [0.25, 0.3) is 5.56 Å². The molecule has 2 aliphatic rings. The zero-order chi connectivity index (χ0) is 24.9.